The van der Waals surface area contributed by atoms with Gasteiger partial charge in [-0.3, -0.25) is 4.99 Å². The Morgan fingerprint density at radius 2 is 1.91 bits per heavy atom. The predicted molar refractivity (Wildman–Crippen MR) is 94.6 cm³/mol. The molecule has 0 aromatic rings. The summed E-state index contributed by atoms with van der Waals surface area (Å²) in [6.45, 7) is 16.7. The number of aliphatic imine (C=N–C) groups is 1. The SMILES string of the molecule is CCCN(CC)CCN=C(NCC)N1CCC(OCC)CC1. The molecule has 1 aliphatic rings. The summed E-state index contributed by atoms with van der Waals surface area (Å²) in [5.74, 6) is 1.07. The molecule has 0 amide bonds. The van der Waals surface area contributed by atoms with Gasteiger partial charge in [0, 0.05) is 32.8 Å². The fourth-order valence-electron chi connectivity index (χ4n) is 2.94. The minimum Gasteiger partial charge on any atom is -0.378 e. The summed E-state index contributed by atoms with van der Waals surface area (Å²) >= 11 is 0. The number of hydrogen-bond acceptors (Lipinski definition) is 3. The van der Waals surface area contributed by atoms with Crippen LogP contribution < -0.4 is 5.32 Å². The maximum atomic E-state index is 5.73. The van der Waals surface area contributed by atoms with E-state index in [2.05, 4.69) is 42.8 Å². The van der Waals surface area contributed by atoms with Gasteiger partial charge in [-0.1, -0.05) is 13.8 Å². The molecule has 130 valence electrons. The zero-order chi connectivity index (χ0) is 16.2. The second-order valence-corrected chi connectivity index (χ2v) is 5.81. The van der Waals surface area contributed by atoms with Crippen LogP contribution in [0.15, 0.2) is 4.99 Å². The normalized spacial score (nSPS) is 17.3. The van der Waals surface area contributed by atoms with Gasteiger partial charge in [0.05, 0.1) is 12.6 Å². The van der Waals surface area contributed by atoms with Gasteiger partial charge in [-0.15, -0.1) is 0 Å². The fourth-order valence-corrected chi connectivity index (χ4v) is 2.94. The third-order valence-corrected chi connectivity index (χ3v) is 4.14. The first kappa shape index (κ1) is 19.2. The molecule has 0 aromatic carbocycles. The Hall–Kier alpha value is -0.810. The van der Waals surface area contributed by atoms with Crippen LogP contribution in [0.5, 0.6) is 0 Å². The first-order chi connectivity index (χ1) is 10.7. The Morgan fingerprint density at radius 1 is 1.18 bits per heavy atom. The lowest BCUT2D eigenvalue weighted by Crippen LogP contribution is -2.47. The van der Waals surface area contributed by atoms with E-state index in [4.69, 9.17) is 9.73 Å². The van der Waals surface area contributed by atoms with Crippen molar-refractivity contribution in [2.24, 2.45) is 4.99 Å². The lowest BCUT2D eigenvalue weighted by atomic mass is 10.1. The van der Waals surface area contributed by atoms with Crippen LogP contribution in [0.4, 0.5) is 0 Å². The van der Waals surface area contributed by atoms with E-state index in [9.17, 15) is 0 Å². The molecule has 0 saturated carbocycles. The van der Waals surface area contributed by atoms with Gasteiger partial charge in [-0.05, 0) is 46.2 Å². The smallest absolute Gasteiger partial charge is 0.193 e. The van der Waals surface area contributed by atoms with Crippen LogP contribution >= 0.6 is 0 Å². The van der Waals surface area contributed by atoms with E-state index in [0.717, 1.165) is 64.7 Å². The highest BCUT2D eigenvalue weighted by Crippen LogP contribution is 2.13. The molecule has 5 nitrogen and oxygen atoms in total. The predicted octanol–water partition coefficient (Wildman–Crippen LogP) is 2.18. The van der Waals surface area contributed by atoms with E-state index in [1.807, 2.05) is 0 Å². The Kier molecular flexibility index (Phi) is 10.2. The van der Waals surface area contributed by atoms with Crippen molar-refractivity contribution in [3.63, 3.8) is 0 Å². The monoisotopic (exact) mass is 312 g/mol. The molecular weight excluding hydrogens is 276 g/mol. The van der Waals surface area contributed by atoms with Gasteiger partial charge in [0.1, 0.15) is 0 Å². The van der Waals surface area contributed by atoms with Gasteiger partial charge in [0.25, 0.3) is 0 Å². The summed E-state index contributed by atoms with van der Waals surface area (Å²) in [7, 11) is 0. The van der Waals surface area contributed by atoms with E-state index < -0.39 is 0 Å². The van der Waals surface area contributed by atoms with Crippen molar-refractivity contribution in [2.45, 2.75) is 53.1 Å². The number of nitrogens with one attached hydrogen (secondary N) is 1. The molecule has 0 aliphatic carbocycles. The zero-order valence-corrected chi connectivity index (χ0v) is 15.1. The van der Waals surface area contributed by atoms with Crippen LogP contribution in [-0.4, -0.2) is 74.3 Å². The van der Waals surface area contributed by atoms with Crippen LogP contribution in [-0.2, 0) is 4.74 Å². The van der Waals surface area contributed by atoms with Gasteiger partial charge in [0.15, 0.2) is 5.96 Å². The first-order valence-corrected chi connectivity index (χ1v) is 9.12. The van der Waals surface area contributed by atoms with Gasteiger partial charge in [0.2, 0.25) is 0 Å². The number of likely N-dealkylation sites (N-methyl/N-ethyl adjacent to an activating group) is 1. The Bertz CT molecular complexity index is 301. The highest BCUT2D eigenvalue weighted by molar-refractivity contribution is 5.80. The summed E-state index contributed by atoms with van der Waals surface area (Å²) < 4.78 is 5.73. The lowest BCUT2D eigenvalue weighted by Gasteiger charge is -2.34. The molecule has 0 unspecified atom stereocenters. The molecule has 1 aliphatic heterocycles. The quantitative estimate of drug-likeness (QED) is 0.523. The second-order valence-electron chi connectivity index (χ2n) is 5.81. The molecule has 0 radical (unpaired) electrons. The molecule has 1 N–H and O–H groups in total. The molecule has 0 atom stereocenters. The summed E-state index contributed by atoms with van der Waals surface area (Å²) in [4.78, 5) is 9.68. The Morgan fingerprint density at radius 3 is 2.45 bits per heavy atom. The number of hydrogen-bond donors (Lipinski definition) is 1. The molecule has 5 heteroatoms. The third-order valence-electron chi connectivity index (χ3n) is 4.14. The topological polar surface area (TPSA) is 40.1 Å². The maximum absolute atomic E-state index is 5.73. The largest absolute Gasteiger partial charge is 0.378 e. The highest BCUT2D eigenvalue weighted by atomic mass is 16.5. The van der Waals surface area contributed by atoms with Gasteiger partial charge in [-0.25, -0.2) is 0 Å². The number of guanidine groups is 1. The second kappa shape index (κ2) is 11.7. The summed E-state index contributed by atoms with van der Waals surface area (Å²) in [5.41, 5.74) is 0. The maximum Gasteiger partial charge on any atom is 0.193 e. The molecule has 1 rings (SSSR count). The van der Waals surface area contributed by atoms with Crippen molar-refractivity contribution < 1.29 is 4.74 Å². The highest BCUT2D eigenvalue weighted by Gasteiger charge is 2.21. The van der Waals surface area contributed by atoms with E-state index in [1.165, 1.54) is 13.0 Å². The molecule has 0 bridgehead atoms. The van der Waals surface area contributed by atoms with Crippen molar-refractivity contribution in [3.8, 4) is 0 Å². The minimum absolute atomic E-state index is 0.435. The summed E-state index contributed by atoms with van der Waals surface area (Å²) in [6, 6.07) is 0. The molecule has 22 heavy (non-hydrogen) atoms. The summed E-state index contributed by atoms with van der Waals surface area (Å²) in [5, 5.41) is 3.44. The molecule has 1 saturated heterocycles. The molecule has 0 spiro atoms. The number of piperidine rings is 1. The molecule has 1 heterocycles. The van der Waals surface area contributed by atoms with Gasteiger partial charge >= 0.3 is 0 Å². The standard InChI is InChI=1S/C17H36N4O/c1-5-12-20(7-3)15-11-19-17(18-6-2)21-13-9-16(10-14-21)22-8-4/h16H,5-15H2,1-4H3,(H,18,19). The van der Waals surface area contributed by atoms with Crippen molar-refractivity contribution in [3.05, 3.63) is 0 Å². The van der Waals surface area contributed by atoms with E-state index in [0.29, 0.717) is 6.10 Å². The van der Waals surface area contributed by atoms with Crippen molar-refractivity contribution in [1.29, 1.82) is 0 Å². The van der Waals surface area contributed by atoms with Crippen LogP contribution in [0.2, 0.25) is 0 Å². The average molecular weight is 313 g/mol. The molecule has 0 aromatic heterocycles. The van der Waals surface area contributed by atoms with E-state index >= 15 is 0 Å². The third kappa shape index (κ3) is 6.97. The number of ether oxygens (including phenoxy) is 1. The average Bonchev–Trinajstić information content (AvgIpc) is 2.54. The first-order valence-electron chi connectivity index (χ1n) is 9.12. The zero-order valence-electron chi connectivity index (χ0n) is 15.1. The number of nitrogens with zero attached hydrogens (tertiary/aromatic N) is 3. The van der Waals surface area contributed by atoms with E-state index in [-0.39, 0.29) is 0 Å². The minimum atomic E-state index is 0.435. The Balaban J connectivity index is 2.45. The van der Waals surface area contributed by atoms with Crippen LogP contribution in [0.1, 0.15) is 47.0 Å². The fraction of sp³-hybridized carbons (Fsp3) is 0.941. The van der Waals surface area contributed by atoms with Crippen molar-refractivity contribution >= 4 is 5.96 Å². The van der Waals surface area contributed by atoms with Crippen LogP contribution in [0.3, 0.4) is 0 Å². The number of likely N-dealkylation sites (tertiary alicyclic amines) is 1. The Labute approximate surface area is 137 Å². The van der Waals surface area contributed by atoms with Crippen molar-refractivity contribution in [1.82, 2.24) is 15.1 Å². The van der Waals surface area contributed by atoms with Crippen molar-refractivity contribution in [2.75, 3.05) is 52.4 Å². The lowest BCUT2D eigenvalue weighted by molar-refractivity contribution is 0.0263. The van der Waals surface area contributed by atoms with Gasteiger partial charge < -0.3 is 19.9 Å². The van der Waals surface area contributed by atoms with Gasteiger partial charge in [-0.2, -0.15) is 0 Å². The molecule has 1 fully saturated rings. The van der Waals surface area contributed by atoms with Crippen LogP contribution in [0.25, 0.3) is 0 Å². The summed E-state index contributed by atoms with van der Waals surface area (Å²) in [6.07, 6.45) is 3.86. The number of rotatable bonds is 9. The van der Waals surface area contributed by atoms with E-state index in [1.54, 1.807) is 0 Å². The van der Waals surface area contributed by atoms with Crippen LogP contribution in [0, 0.1) is 0 Å². The molecular formula is C17H36N4O.